The maximum atomic E-state index is 14.5. The van der Waals surface area contributed by atoms with E-state index in [1.54, 1.807) is 0 Å². The highest BCUT2D eigenvalue weighted by atomic mass is 19.1. The normalized spacial score (nSPS) is 23.2. The first kappa shape index (κ1) is 25.1. The molecule has 0 spiro atoms. The minimum Gasteiger partial charge on any atom is -0.391 e. The Morgan fingerprint density at radius 1 is 1.11 bits per heavy atom. The maximum absolute atomic E-state index is 14.5. The lowest BCUT2D eigenvalue weighted by atomic mass is 9.92. The minimum atomic E-state index is -1.01. The molecule has 1 aromatic carbocycles. The number of anilines is 2. The maximum Gasteiger partial charge on any atom is 0.274 e. The van der Waals surface area contributed by atoms with Crippen molar-refractivity contribution in [1.82, 2.24) is 9.97 Å². The van der Waals surface area contributed by atoms with Gasteiger partial charge in [-0.15, -0.1) is 0 Å². The monoisotopic (exact) mass is 513 g/mol. The number of hydrogen-bond donors (Lipinski definition) is 4. The van der Waals surface area contributed by atoms with E-state index in [-0.39, 0.29) is 11.6 Å². The first-order chi connectivity index (χ1) is 17.7. The highest BCUT2D eigenvalue weighted by Gasteiger charge is 2.36. The zero-order chi connectivity index (χ0) is 26.4. The van der Waals surface area contributed by atoms with Crippen LogP contribution in [0.1, 0.15) is 41.2 Å². The molecule has 2 aromatic heterocycles. The van der Waals surface area contributed by atoms with Gasteiger partial charge in [0.2, 0.25) is 0 Å². The van der Waals surface area contributed by atoms with Gasteiger partial charge in [-0.25, -0.2) is 18.2 Å². The van der Waals surface area contributed by atoms with Gasteiger partial charge in [-0.1, -0.05) is 13.0 Å². The smallest absolute Gasteiger partial charge is 0.274 e. The van der Waals surface area contributed by atoms with Crippen molar-refractivity contribution in [3.8, 4) is 11.3 Å². The third kappa shape index (κ3) is 4.54. The lowest BCUT2D eigenvalue weighted by Crippen LogP contribution is -2.56. The number of benzene rings is 1. The molecule has 1 amide bonds. The Balaban J connectivity index is 1.52. The van der Waals surface area contributed by atoms with Crippen LogP contribution in [0.4, 0.5) is 24.5 Å². The molecule has 1 fully saturated rings. The van der Waals surface area contributed by atoms with E-state index in [1.165, 1.54) is 6.20 Å². The predicted octanol–water partition coefficient (Wildman–Crippen LogP) is 2.94. The molecule has 1 aliphatic heterocycles. The summed E-state index contributed by atoms with van der Waals surface area (Å²) < 4.78 is 43.1. The van der Waals surface area contributed by atoms with E-state index in [2.05, 4.69) is 15.3 Å². The number of carbonyl (C=O) groups excluding carboxylic acids is 1. The lowest BCUT2D eigenvalue weighted by molar-refractivity contribution is 0.0784. The van der Waals surface area contributed by atoms with E-state index in [0.29, 0.717) is 43.0 Å². The van der Waals surface area contributed by atoms with Gasteiger partial charge in [-0.3, -0.25) is 9.78 Å². The first-order valence-electron chi connectivity index (χ1n) is 12.0. The van der Waals surface area contributed by atoms with Crippen molar-refractivity contribution in [1.29, 1.82) is 0 Å². The number of nitrogens with zero attached hydrogens (tertiary/aromatic N) is 3. The summed E-state index contributed by atoms with van der Waals surface area (Å²) >= 11 is 0. The van der Waals surface area contributed by atoms with Crippen LogP contribution >= 0.6 is 0 Å². The van der Waals surface area contributed by atoms with Crippen molar-refractivity contribution < 1.29 is 28.2 Å². The molecule has 5 rings (SSSR count). The number of piperidine rings is 1. The largest absolute Gasteiger partial charge is 0.391 e. The van der Waals surface area contributed by atoms with Crippen LogP contribution in [0, 0.1) is 23.4 Å². The molecule has 5 N–H and O–H groups in total. The Morgan fingerprint density at radius 2 is 1.84 bits per heavy atom. The summed E-state index contributed by atoms with van der Waals surface area (Å²) in [5.74, 6) is -3.90. The molecule has 0 bridgehead atoms. The van der Waals surface area contributed by atoms with Crippen molar-refractivity contribution in [2.45, 2.75) is 38.0 Å². The number of nitrogens with two attached hydrogens (primary N) is 1. The molecular weight excluding hydrogens is 487 g/mol. The van der Waals surface area contributed by atoms with Gasteiger partial charge in [-0.05, 0) is 37.1 Å². The summed E-state index contributed by atoms with van der Waals surface area (Å²) in [7, 11) is 0. The Morgan fingerprint density at radius 3 is 2.54 bits per heavy atom. The second kappa shape index (κ2) is 9.73. The topological polar surface area (TPSA) is 125 Å². The number of carbonyl (C=O) groups is 1. The number of pyridine rings is 2. The fraction of sp³-hybridized carbons (Fsp3) is 0.346. The molecule has 0 radical (unpaired) electrons. The molecule has 0 saturated carbocycles. The second-order valence-electron chi connectivity index (χ2n) is 9.55. The third-order valence-corrected chi connectivity index (χ3v) is 6.97. The lowest BCUT2D eigenvalue weighted by Gasteiger charge is -2.41. The number of halogens is 3. The van der Waals surface area contributed by atoms with Gasteiger partial charge < -0.3 is 26.2 Å². The summed E-state index contributed by atoms with van der Waals surface area (Å²) in [5, 5.41) is 23.4. The van der Waals surface area contributed by atoms with Crippen molar-refractivity contribution >= 4 is 17.3 Å². The molecule has 3 heterocycles. The standard InChI is InChI=1S/C26H26F3N5O3/c1-12-10-34(11-17(30)25(12)36)24-13-5-8-20(35)22(13)31-9-19(24)33-26(37)18-7-6-16(29)23(32-18)21-14(27)3-2-4-15(21)28/h2-4,6-7,9,12,17,20,25,35-36H,5,8,10-11,30H2,1H3,(H,33,37). The zero-order valence-corrected chi connectivity index (χ0v) is 20.0. The first-order valence-corrected chi connectivity index (χ1v) is 12.0. The number of rotatable bonds is 4. The Labute approximate surface area is 211 Å². The molecule has 8 nitrogen and oxygen atoms in total. The number of hydrogen-bond acceptors (Lipinski definition) is 7. The Kier molecular flexibility index (Phi) is 6.61. The van der Waals surface area contributed by atoms with E-state index < -0.39 is 52.9 Å². The molecule has 194 valence electrons. The van der Waals surface area contributed by atoms with E-state index >= 15 is 0 Å². The van der Waals surface area contributed by atoms with E-state index in [0.717, 1.165) is 35.9 Å². The van der Waals surface area contributed by atoms with Crippen LogP contribution in [0.15, 0.2) is 36.5 Å². The molecule has 4 atom stereocenters. The molecule has 37 heavy (non-hydrogen) atoms. The van der Waals surface area contributed by atoms with Crippen LogP contribution < -0.4 is 16.0 Å². The third-order valence-electron chi connectivity index (χ3n) is 6.97. The van der Waals surface area contributed by atoms with Gasteiger partial charge in [-0.2, -0.15) is 0 Å². The fourth-order valence-electron chi connectivity index (χ4n) is 5.11. The summed E-state index contributed by atoms with van der Waals surface area (Å²) in [5.41, 5.74) is 6.85. The highest BCUT2D eigenvalue weighted by Crippen LogP contribution is 2.41. The number of amides is 1. The molecule has 2 aliphatic rings. The van der Waals surface area contributed by atoms with Crippen molar-refractivity contribution in [3.05, 3.63) is 70.9 Å². The van der Waals surface area contributed by atoms with Crippen LogP contribution in [0.2, 0.25) is 0 Å². The Bertz CT molecular complexity index is 1340. The molecule has 1 saturated heterocycles. The predicted molar refractivity (Wildman–Crippen MR) is 130 cm³/mol. The van der Waals surface area contributed by atoms with Gasteiger partial charge in [0.25, 0.3) is 5.91 Å². The molecule has 11 heteroatoms. The van der Waals surface area contributed by atoms with Gasteiger partial charge in [0, 0.05) is 30.6 Å². The SMILES string of the molecule is CC1CN(c2c(NC(=O)c3ccc(F)c(-c4c(F)cccc4F)n3)cnc3c2CCC3O)CC(N)C1O. The number of nitrogens with one attached hydrogen (secondary N) is 1. The number of aromatic nitrogens is 2. The quantitative estimate of drug-likeness (QED) is 0.423. The zero-order valence-electron chi connectivity index (χ0n) is 20.0. The second-order valence-corrected chi connectivity index (χ2v) is 9.55. The van der Waals surface area contributed by atoms with Crippen LogP contribution in [0.3, 0.4) is 0 Å². The molecule has 1 aliphatic carbocycles. The van der Waals surface area contributed by atoms with Gasteiger partial charge in [0.1, 0.15) is 28.8 Å². The van der Waals surface area contributed by atoms with Gasteiger partial charge >= 0.3 is 0 Å². The number of aliphatic hydroxyl groups excluding tert-OH is 2. The Hall–Kier alpha value is -3.54. The van der Waals surface area contributed by atoms with Crippen LogP contribution in [-0.4, -0.2) is 51.3 Å². The average molecular weight is 514 g/mol. The van der Waals surface area contributed by atoms with Crippen LogP contribution in [0.5, 0.6) is 0 Å². The summed E-state index contributed by atoms with van der Waals surface area (Å²) in [6, 6.07) is 4.61. The molecular formula is C26H26F3N5O3. The van der Waals surface area contributed by atoms with Gasteiger partial charge in [0.05, 0.1) is 41.0 Å². The van der Waals surface area contributed by atoms with Crippen LogP contribution in [0.25, 0.3) is 11.3 Å². The van der Waals surface area contributed by atoms with Crippen molar-refractivity contribution in [2.24, 2.45) is 11.7 Å². The summed E-state index contributed by atoms with van der Waals surface area (Å²) in [4.78, 5) is 23.4. The van der Waals surface area contributed by atoms with Gasteiger partial charge in [0.15, 0.2) is 0 Å². The van der Waals surface area contributed by atoms with Crippen LogP contribution in [-0.2, 0) is 6.42 Å². The number of fused-ring (bicyclic) bond motifs is 1. The van der Waals surface area contributed by atoms with Crippen molar-refractivity contribution in [3.63, 3.8) is 0 Å². The average Bonchev–Trinajstić information content (AvgIpc) is 3.23. The minimum absolute atomic E-state index is 0.153. The van der Waals surface area contributed by atoms with E-state index in [1.807, 2.05) is 11.8 Å². The summed E-state index contributed by atoms with van der Waals surface area (Å²) in [6.45, 7) is 2.64. The summed E-state index contributed by atoms with van der Waals surface area (Å²) in [6.07, 6.45) is 0.994. The fourth-order valence-corrected chi connectivity index (χ4v) is 5.11. The molecule has 3 aromatic rings. The van der Waals surface area contributed by atoms with E-state index in [9.17, 15) is 28.2 Å². The van der Waals surface area contributed by atoms with E-state index in [4.69, 9.17) is 5.73 Å². The van der Waals surface area contributed by atoms with Crippen molar-refractivity contribution in [2.75, 3.05) is 23.3 Å². The number of aliphatic hydroxyl groups is 2. The molecule has 4 unspecified atom stereocenters. The highest BCUT2D eigenvalue weighted by molar-refractivity contribution is 6.05.